The van der Waals surface area contributed by atoms with Crippen LogP contribution in [0.15, 0.2) is 36.5 Å². The first kappa shape index (κ1) is 26.4. The molecule has 0 spiro atoms. The van der Waals surface area contributed by atoms with Crippen molar-refractivity contribution in [2.24, 2.45) is 0 Å². The lowest BCUT2D eigenvalue weighted by molar-refractivity contribution is 0.0409. The quantitative estimate of drug-likeness (QED) is 0.378. The van der Waals surface area contributed by atoms with Crippen molar-refractivity contribution in [3.05, 3.63) is 69.6 Å². The third kappa shape index (κ3) is 5.21. The van der Waals surface area contributed by atoms with Crippen LogP contribution in [-0.4, -0.2) is 64.1 Å². The smallest absolute Gasteiger partial charge is 0.410 e. The Morgan fingerprint density at radius 3 is 2.82 bits per heavy atom. The Balaban J connectivity index is 1.33. The van der Waals surface area contributed by atoms with Gasteiger partial charge in [0.2, 0.25) is 0 Å². The van der Waals surface area contributed by atoms with Gasteiger partial charge in [-0.25, -0.2) is 4.79 Å². The molecular weight excluding hydrogens is 500 g/mol. The summed E-state index contributed by atoms with van der Waals surface area (Å²) in [5, 5.41) is 1.62. The van der Waals surface area contributed by atoms with Crippen LogP contribution in [0.2, 0.25) is 5.02 Å². The minimum atomic E-state index is -0.299. The third-order valence-electron chi connectivity index (χ3n) is 7.84. The zero-order valence-corrected chi connectivity index (χ0v) is 23.1. The average molecular weight is 535 g/mol. The van der Waals surface area contributed by atoms with Crippen molar-refractivity contribution < 1.29 is 14.3 Å². The summed E-state index contributed by atoms with van der Waals surface area (Å²) in [6.07, 6.45) is 6.02. The lowest BCUT2D eigenvalue weighted by Crippen LogP contribution is -2.55. The number of hydrogen-bond acceptors (Lipinski definition) is 5. The zero-order chi connectivity index (χ0) is 26.8. The number of aromatic nitrogens is 2. The molecule has 3 heterocycles. The van der Waals surface area contributed by atoms with Gasteiger partial charge in [0.25, 0.3) is 5.91 Å². The molecule has 1 aliphatic carbocycles. The monoisotopic (exact) mass is 534 g/mol. The summed E-state index contributed by atoms with van der Waals surface area (Å²) in [6, 6.07) is 9.56. The number of ether oxygens (including phenoxy) is 1. The lowest BCUT2D eigenvalue weighted by Gasteiger charge is -2.39. The van der Waals surface area contributed by atoms with Gasteiger partial charge in [-0.3, -0.25) is 14.8 Å². The highest BCUT2D eigenvalue weighted by Crippen LogP contribution is 2.38. The van der Waals surface area contributed by atoms with E-state index in [0.717, 1.165) is 65.0 Å². The van der Waals surface area contributed by atoms with Crippen LogP contribution in [0.3, 0.4) is 0 Å². The molecule has 1 saturated heterocycles. The molecule has 200 valence electrons. The maximum absolute atomic E-state index is 13.4. The largest absolute Gasteiger partial charge is 0.449 e. The second kappa shape index (κ2) is 11.3. The van der Waals surface area contributed by atoms with Gasteiger partial charge in [0.15, 0.2) is 0 Å². The number of unbranched alkanes of at least 4 members (excludes halogenated alkanes) is 1. The number of aryl methyl sites for hydroxylation is 1. The standard InChI is InChI=1S/C30H35ClN4O3/c1-4-5-15-38-30(37)35-14-13-34(18-20(35)3)29(36)22-9-11-24-26(17-22)33-25-16-21(8-10-23(25)27(24)31)28-19(2)7-6-12-32-28/h6-7,9,11-12,17,20-21H,4-5,8,10,13-16,18H2,1-3H3/t20-,21?/m1/s1. The van der Waals surface area contributed by atoms with E-state index in [1.54, 1.807) is 4.90 Å². The van der Waals surface area contributed by atoms with Crippen molar-refractivity contribution in [2.45, 2.75) is 64.8 Å². The Morgan fingerprint density at radius 2 is 2.05 bits per heavy atom. The van der Waals surface area contributed by atoms with Gasteiger partial charge in [-0.15, -0.1) is 0 Å². The van der Waals surface area contributed by atoms with E-state index in [0.29, 0.717) is 37.7 Å². The van der Waals surface area contributed by atoms with Crippen molar-refractivity contribution >= 4 is 34.5 Å². The van der Waals surface area contributed by atoms with E-state index in [9.17, 15) is 9.59 Å². The molecule has 8 heteroatoms. The average Bonchev–Trinajstić information content (AvgIpc) is 2.92. The lowest BCUT2D eigenvalue weighted by atomic mass is 9.83. The predicted octanol–water partition coefficient (Wildman–Crippen LogP) is 5.95. The summed E-state index contributed by atoms with van der Waals surface area (Å²) in [5.74, 6) is 0.247. The second-order valence-corrected chi connectivity index (χ2v) is 10.9. The van der Waals surface area contributed by atoms with Crippen LogP contribution >= 0.6 is 11.6 Å². The van der Waals surface area contributed by atoms with Crippen LogP contribution in [0, 0.1) is 6.92 Å². The Hall–Kier alpha value is -3.19. The fourth-order valence-corrected chi connectivity index (χ4v) is 6.03. The number of piperazine rings is 1. The molecule has 3 aromatic rings. The van der Waals surface area contributed by atoms with Gasteiger partial charge in [0.1, 0.15) is 0 Å². The molecule has 0 radical (unpaired) electrons. The van der Waals surface area contributed by atoms with E-state index in [2.05, 4.69) is 24.9 Å². The van der Waals surface area contributed by atoms with Crippen molar-refractivity contribution in [1.82, 2.24) is 19.8 Å². The minimum absolute atomic E-state index is 0.0598. The summed E-state index contributed by atoms with van der Waals surface area (Å²) >= 11 is 6.88. The summed E-state index contributed by atoms with van der Waals surface area (Å²) in [7, 11) is 0. The Labute approximate surface area is 229 Å². The number of benzene rings is 1. The fraction of sp³-hybridized carbons (Fsp3) is 0.467. The van der Waals surface area contributed by atoms with Crippen molar-refractivity contribution in [3.8, 4) is 0 Å². The van der Waals surface area contributed by atoms with Crippen molar-refractivity contribution in [2.75, 3.05) is 26.2 Å². The molecule has 2 atom stereocenters. The number of halogens is 1. The molecule has 0 N–H and O–H groups in total. The van der Waals surface area contributed by atoms with Crippen molar-refractivity contribution in [1.29, 1.82) is 0 Å². The van der Waals surface area contributed by atoms with Gasteiger partial charge in [0.05, 0.1) is 17.1 Å². The summed E-state index contributed by atoms with van der Waals surface area (Å²) in [5.41, 5.74) is 5.76. The number of rotatable bonds is 5. The molecular formula is C30H35ClN4O3. The normalized spacial score (nSPS) is 19.4. The summed E-state index contributed by atoms with van der Waals surface area (Å²) in [6.45, 7) is 7.93. The van der Waals surface area contributed by atoms with Gasteiger partial charge >= 0.3 is 6.09 Å². The highest BCUT2D eigenvalue weighted by atomic mass is 35.5. The number of hydrogen-bond donors (Lipinski definition) is 0. The molecule has 2 aliphatic rings. The number of fused-ring (bicyclic) bond motifs is 2. The van der Waals surface area contributed by atoms with Gasteiger partial charge in [-0.05, 0) is 68.9 Å². The van der Waals surface area contributed by atoms with E-state index in [4.69, 9.17) is 21.3 Å². The first-order valence-electron chi connectivity index (χ1n) is 13.6. The SMILES string of the molecule is CCCCOC(=O)N1CCN(C(=O)c2ccc3c(Cl)c4c(nc3c2)CC(c2ncccc2C)CC4)C[C@H]1C. The van der Waals surface area contributed by atoms with Gasteiger partial charge in [-0.2, -0.15) is 0 Å². The molecule has 1 fully saturated rings. The fourth-order valence-electron chi connectivity index (χ4n) is 5.66. The molecule has 2 aromatic heterocycles. The molecule has 1 aliphatic heterocycles. The zero-order valence-electron chi connectivity index (χ0n) is 22.4. The Bertz CT molecular complexity index is 1360. The molecule has 5 rings (SSSR count). The molecule has 0 saturated carbocycles. The predicted molar refractivity (Wildman–Crippen MR) is 149 cm³/mol. The number of carbonyl (C=O) groups excluding carboxylic acids is 2. The van der Waals surface area contributed by atoms with Crippen LogP contribution in [0.25, 0.3) is 10.9 Å². The Morgan fingerprint density at radius 1 is 1.21 bits per heavy atom. The van der Waals surface area contributed by atoms with Gasteiger partial charge in [-0.1, -0.05) is 37.1 Å². The first-order chi connectivity index (χ1) is 18.4. The van der Waals surface area contributed by atoms with Crippen LogP contribution in [0.5, 0.6) is 0 Å². The minimum Gasteiger partial charge on any atom is -0.449 e. The Kier molecular flexibility index (Phi) is 7.84. The third-order valence-corrected chi connectivity index (χ3v) is 8.27. The van der Waals surface area contributed by atoms with E-state index in [-0.39, 0.29) is 18.0 Å². The molecule has 2 amide bonds. The maximum atomic E-state index is 13.4. The highest BCUT2D eigenvalue weighted by molar-refractivity contribution is 6.36. The molecule has 0 bridgehead atoms. The second-order valence-electron chi connectivity index (χ2n) is 10.5. The van der Waals surface area contributed by atoms with E-state index in [1.807, 2.05) is 42.3 Å². The summed E-state index contributed by atoms with van der Waals surface area (Å²) in [4.78, 5) is 39.1. The number of pyridine rings is 2. The van der Waals surface area contributed by atoms with Gasteiger partial charge < -0.3 is 14.5 Å². The van der Waals surface area contributed by atoms with Crippen LogP contribution in [0.4, 0.5) is 4.79 Å². The topological polar surface area (TPSA) is 75.6 Å². The van der Waals surface area contributed by atoms with Crippen LogP contribution in [-0.2, 0) is 17.6 Å². The van der Waals surface area contributed by atoms with E-state index >= 15 is 0 Å². The van der Waals surface area contributed by atoms with Crippen LogP contribution < -0.4 is 0 Å². The maximum Gasteiger partial charge on any atom is 0.410 e. The van der Waals surface area contributed by atoms with Crippen molar-refractivity contribution in [3.63, 3.8) is 0 Å². The molecule has 1 aromatic carbocycles. The van der Waals surface area contributed by atoms with Crippen LogP contribution in [0.1, 0.15) is 71.9 Å². The number of nitrogens with zero attached hydrogens (tertiary/aromatic N) is 4. The number of carbonyl (C=O) groups is 2. The van der Waals surface area contributed by atoms with E-state index < -0.39 is 0 Å². The first-order valence-corrected chi connectivity index (χ1v) is 14.0. The van der Waals surface area contributed by atoms with Gasteiger partial charge in [0, 0.05) is 60.1 Å². The van der Waals surface area contributed by atoms with E-state index in [1.165, 1.54) is 5.56 Å². The molecule has 7 nitrogen and oxygen atoms in total. The number of amides is 2. The molecule has 38 heavy (non-hydrogen) atoms. The summed E-state index contributed by atoms with van der Waals surface area (Å²) < 4.78 is 5.38. The molecule has 1 unspecified atom stereocenters. The highest BCUT2D eigenvalue weighted by Gasteiger charge is 2.32.